The van der Waals surface area contributed by atoms with Gasteiger partial charge in [0.05, 0.1) is 0 Å². The standard InChI is InChI=1S/C31H22ClNO/c32-26-18-15-23(16-19-26)27-13-7-8-14-28(27)29-20-17-25(22-9-3-1-4-10-22)21-30(29)33-31(34)24-11-5-2-6-12-24/h1-21H,(H,33,34). The molecule has 5 aromatic rings. The van der Waals surface area contributed by atoms with Gasteiger partial charge in [-0.05, 0) is 58.1 Å². The molecule has 0 saturated carbocycles. The Balaban J connectivity index is 1.64. The molecule has 1 N–H and O–H groups in total. The van der Waals surface area contributed by atoms with Crippen LogP contribution in [0.5, 0.6) is 0 Å². The smallest absolute Gasteiger partial charge is 0.255 e. The Kier molecular flexibility index (Phi) is 6.24. The van der Waals surface area contributed by atoms with E-state index in [9.17, 15) is 4.79 Å². The fourth-order valence-corrected chi connectivity index (χ4v) is 4.20. The van der Waals surface area contributed by atoms with Crippen molar-refractivity contribution in [3.05, 3.63) is 138 Å². The van der Waals surface area contributed by atoms with E-state index in [1.54, 1.807) is 0 Å². The molecule has 0 bridgehead atoms. The summed E-state index contributed by atoms with van der Waals surface area (Å²) in [6.45, 7) is 0. The maximum atomic E-state index is 13.1. The second-order valence-electron chi connectivity index (χ2n) is 8.00. The van der Waals surface area contributed by atoms with Crippen LogP contribution in [-0.4, -0.2) is 5.91 Å². The lowest BCUT2D eigenvalue weighted by molar-refractivity contribution is 0.102. The first-order valence-electron chi connectivity index (χ1n) is 11.1. The molecule has 0 aliphatic heterocycles. The van der Waals surface area contributed by atoms with Crippen LogP contribution in [0.15, 0.2) is 127 Å². The molecule has 0 aliphatic rings. The second-order valence-corrected chi connectivity index (χ2v) is 8.44. The van der Waals surface area contributed by atoms with Gasteiger partial charge in [0.25, 0.3) is 5.91 Å². The second kappa shape index (κ2) is 9.78. The Morgan fingerprint density at radius 3 is 1.82 bits per heavy atom. The molecule has 2 nitrogen and oxygen atoms in total. The summed E-state index contributed by atoms with van der Waals surface area (Å²) in [5.74, 6) is -0.143. The van der Waals surface area contributed by atoms with Crippen LogP contribution in [0.25, 0.3) is 33.4 Å². The van der Waals surface area contributed by atoms with E-state index in [2.05, 4.69) is 41.7 Å². The lowest BCUT2D eigenvalue weighted by atomic mass is 9.92. The molecule has 5 rings (SSSR count). The largest absolute Gasteiger partial charge is 0.321 e. The Hall–Kier alpha value is -4.14. The Morgan fingerprint density at radius 2 is 1.12 bits per heavy atom. The number of amides is 1. The number of nitrogens with one attached hydrogen (secondary N) is 1. The average molecular weight is 460 g/mol. The van der Waals surface area contributed by atoms with Gasteiger partial charge in [0.1, 0.15) is 0 Å². The molecule has 0 fully saturated rings. The van der Waals surface area contributed by atoms with Gasteiger partial charge in [-0.25, -0.2) is 0 Å². The molecular weight excluding hydrogens is 438 g/mol. The van der Waals surface area contributed by atoms with Gasteiger partial charge < -0.3 is 5.32 Å². The van der Waals surface area contributed by atoms with Gasteiger partial charge in [0, 0.05) is 21.8 Å². The van der Waals surface area contributed by atoms with Gasteiger partial charge in [-0.1, -0.05) is 109 Å². The van der Waals surface area contributed by atoms with Crippen molar-refractivity contribution in [3.8, 4) is 33.4 Å². The number of benzene rings is 5. The molecule has 0 unspecified atom stereocenters. The fraction of sp³-hybridized carbons (Fsp3) is 0. The molecule has 0 radical (unpaired) electrons. The van der Waals surface area contributed by atoms with Crippen molar-refractivity contribution in [2.24, 2.45) is 0 Å². The maximum absolute atomic E-state index is 13.1. The van der Waals surface area contributed by atoms with E-state index in [-0.39, 0.29) is 5.91 Å². The van der Waals surface area contributed by atoms with Crippen LogP contribution in [0, 0.1) is 0 Å². The van der Waals surface area contributed by atoms with Crippen molar-refractivity contribution >= 4 is 23.2 Å². The van der Waals surface area contributed by atoms with Crippen molar-refractivity contribution in [1.82, 2.24) is 0 Å². The van der Waals surface area contributed by atoms with Crippen LogP contribution in [-0.2, 0) is 0 Å². The zero-order chi connectivity index (χ0) is 23.3. The number of anilines is 1. The van der Waals surface area contributed by atoms with E-state index in [4.69, 9.17) is 11.6 Å². The van der Waals surface area contributed by atoms with E-state index in [0.717, 1.165) is 39.1 Å². The van der Waals surface area contributed by atoms with Crippen LogP contribution < -0.4 is 5.32 Å². The van der Waals surface area contributed by atoms with Crippen LogP contribution in [0.1, 0.15) is 10.4 Å². The van der Waals surface area contributed by atoms with Crippen molar-refractivity contribution in [1.29, 1.82) is 0 Å². The molecule has 0 atom stereocenters. The Morgan fingerprint density at radius 1 is 0.529 bits per heavy atom. The lowest BCUT2D eigenvalue weighted by Crippen LogP contribution is -2.12. The molecule has 1 amide bonds. The third-order valence-corrected chi connectivity index (χ3v) is 6.04. The minimum absolute atomic E-state index is 0.143. The highest BCUT2D eigenvalue weighted by Crippen LogP contribution is 2.38. The van der Waals surface area contributed by atoms with Gasteiger partial charge in [0.15, 0.2) is 0 Å². The minimum Gasteiger partial charge on any atom is -0.321 e. The first-order chi connectivity index (χ1) is 16.7. The maximum Gasteiger partial charge on any atom is 0.255 e. The van der Waals surface area contributed by atoms with Crippen LogP contribution in [0.4, 0.5) is 5.69 Å². The van der Waals surface area contributed by atoms with Crippen molar-refractivity contribution < 1.29 is 4.79 Å². The summed E-state index contributed by atoms with van der Waals surface area (Å²) in [6, 6.07) is 41.7. The van der Waals surface area contributed by atoms with Gasteiger partial charge in [0.2, 0.25) is 0 Å². The predicted molar refractivity (Wildman–Crippen MR) is 142 cm³/mol. The zero-order valence-corrected chi connectivity index (χ0v) is 19.2. The van der Waals surface area contributed by atoms with Gasteiger partial charge in [-0.15, -0.1) is 0 Å². The van der Waals surface area contributed by atoms with Crippen molar-refractivity contribution in [3.63, 3.8) is 0 Å². The molecule has 34 heavy (non-hydrogen) atoms. The monoisotopic (exact) mass is 459 g/mol. The zero-order valence-electron chi connectivity index (χ0n) is 18.4. The summed E-state index contributed by atoms with van der Waals surface area (Å²) in [7, 11) is 0. The van der Waals surface area contributed by atoms with Crippen LogP contribution >= 0.6 is 11.6 Å². The molecule has 5 aromatic carbocycles. The lowest BCUT2D eigenvalue weighted by Gasteiger charge is -2.17. The summed E-state index contributed by atoms with van der Waals surface area (Å²) >= 11 is 6.12. The van der Waals surface area contributed by atoms with Crippen molar-refractivity contribution in [2.45, 2.75) is 0 Å². The molecule has 164 valence electrons. The summed E-state index contributed by atoms with van der Waals surface area (Å²) in [4.78, 5) is 13.1. The number of carbonyl (C=O) groups excluding carboxylic acids is 1. The third-order valence-electron chi connectivity index (χ3n) is 5.78. The van der Waals surface area contributed by atoms with Crippen LogP contribution in [0.2, 0.25) is 5.02 Å². The number of halogens is 1. The van der Waals surface area contributed by atoms with Gasteiger partial charge >= 0.3 is 0 Å². The van der Waals surface area contributed by atoms with Crippen LogP contribution in [0.3, 0.4) is 0 Å². The molecular formula is C31H22ClNO. The number of rotatable bonds is 5. The number of hydrogen-bond acceptors (Lipinski definition) is 1. The molecule has 0 aliphatic carbocycles. The number of carbonyl (C=O) groups is 1. The van der Waals surface area contributed by atoms with E-state index in [0.29, 0.717) is 10.6 Å². The number of hydrogen-bond donors (Lipinski definition) is 1. The minimum atomic E-state index is -0.143. The molecule has 0 heterocycles. The SMILES string of the molecule is O=C(Nc1cc(-c2ccccc2)ccc1-c1ccccc1-c1ccc(Cl)cc1)c1ccccc1. The Bertz CT molecular complexity index is 1430. The first kappa shape index (κ1) is 21.7. The highest BCUT2D eigenvalue weighted by molar-refractivity contribution is 6.30. The van der Waals surface area contributed by atoms with E-state index in [1.807, 2.05) is 91.0 Å². The summed E-state index contributed by atoms with van der Waals surface area (Å²) in [6.07, 6.45) is 0. The molecule has 3 heteroatoms. The molecule has 0 saturated heterocycles. The Labute approximate surface area is 204 Å². The third kappa shape index (κ3) is 4.63. The summed E-state index contributed by atoms with van der Waals surface area (Å²) in [5, 5.41) is 3.86. The average Bonchev–Trinajstić information content (AvgIpc) is 2.90. The highest BCUT2D eigenvalue weighted by atomic mass is 35.5. The predicted octanol–water partition coefficient (Wildman–Crippen LogP) is 8.59. The van der Waals surface area contributed by atoms with E-state index >= 15 is 0 Å². The summed E-state index contributed by atoms with van der Waals surface area (Å²) in [5.41, 5.74) is 7.63. The summed E-state index contributed by atoms with van der Waals surface area (Å²) < 4.78 is 0. The van der Waals surface area contributed by atoms with Gasteiger partial charge in [-0.3, -0.25) is 4.79 Å². The van der Waals surface area contributed by atoms with Crippen molar-refractivity contribution in [2.75, 3.05) is 5.32 Å². The topological polar surface area (TPSA) is 29.1 Å². The fourth-order valence-electron chi connectivity index (χ4n) is 4.08. The quantitative estimate of drug-likeness (QED) is 0.280. The normalized spacial score (nSPS) is 10.6. The van der Waals surface area contributed by atoms with E-state index < -0.39 is 0 Å². The molecule has 0 spiro atoms. The van der Waals surface area contributed by atoms with Gasteiger partial charge in [-0.2, -0.15) is 0 Å². The van der Waals surface area contributed by atoms with E-state index in [1.165, 1.54) is 0 Å². The first-order valence-corrected chi connectivity index (χ1v) is 11.5. The highest BCUT2D eigenvalue weighted by Gasteiger charge is 2.15. The molecule has 0 aromatic heterocycles.